The van der Waals surface area contributed by atoms with E-state index >= 15 is 0 Å². The number of nitrogens with one attached hydrogen (secondary N) is 1. The van der Waals surface area contributed by atoms with Gasteiger partial charge in [-0.3, -0.25) is 9.78 Å². The number of hydrogen-bond donors (Lipinski definition) is 1. The van der Waals surface area contributed by atoms with Crippen LogP contribution in [0, 0.1) is 6.92 Å². The van der Waals surface area contributed by atoms with Crippen molar-refractivity contribution < 1.29 is 27.4 Å². The van der Waals surface area contributed by atoms with Crippen LogP contribution in [0.25, 0.3) is 16.9 Å². The Labute approximate surface area is 208 Å². The lowest BCUT2D eigenvalue weighted by Crippen LogP contribution is -2.39. The molecule has 5 rings (SSSR count). The smallest absolute Gasteiger partial charge is 0.420 e. The van der Waals surface area contributed by atoms with E-state index in [9.17, 15) is 18.0 Å². The monoisotopic (exact) mass is 514 g/mol. The van der Waals surface area contributed by atoms with Gasteiger partial charge in [0.05, 0.1) is 37.0 Å². The SMILES string of the molecule is Cc1cnc(NC(=O)[C@H](COC2CCC2)Oc2ncnc3c2cnn3-c2ncccc2C(F)(F)F)cn1. The van der Waals surface area contributed by atoms with Gasteiger partial charge in [0.15, 0.2) is 17.3 Å². The summed E-state index contributed by atoms with van der Waals surface area (Å²) >= 11 is 0. The molecule has 4 heterocycles. The van der Waals surface area contributed by atoms with E-state index in [1.165, 1.54) is 30.9 Å². The maximum Gasteiger partial charge on any atom is 0.420 e. The van der Waals surface area contributed by atoms with E-state index < -0.39 is 29.6 Å². The Bertz CT molecular complexity index is 1410. The van der Waals surface area contributed by atoms with E-state index in [1.807, 2.05) is 0 Å². The van der Waals surface area contributed by atoms with Gasteiger partial charge in [0.2, 0.25) is 12.0 Å². The van der Waals surface area contributed by atoms with Gasteiger partial charge in [0, 0.05) is 6.20 Å². The maximum atomic E-state index is 13.6. The number of aromatic nitrogens is 7. The number of amides is 1. The van der Waals surface area contributed by atoms with E-state index in [0.717, 1.165) is 36.3 Å². The Balaban J connectivity index is 1.44. The van der Waals surface area contributed by atoms with E-state index in [-0.39, 0.29) is 35.4 Å². The highest BCUT2D eigenvalue weighted by Gasteiger charge is 2.35. The molecule has 4 aromatic rings. The molecule has 192 valence electrons. The summed E-state index contributed by atoms with van der Waals surface area (Å²) in [5, 5.41) is 6.87. The highest BCUT2D eigenvalue weighted by molar-refractivity contribution is 5.94. The molecule has 0 spiro atoms. The molecule has 1 N–H and O–H groups in total. The molecule has 0 aliphatic heterocycles. The lowest BCUT2D eigenvalue weighted by atomic mass is 9.96. The van der Waals surface area contributed by atoms with Crippen LogP contribution >= 0.6 is 0 Å². The van der Waals surface area contributed by atoms with Crippen molar-refractivity contribution >= 4 is 22.8 Å². The van der Waals surface area contributed by atoms with Gasteiger partial charge in [-0.2, -0.15) is 23.0 Å². The quantitative estimate of drug-likeness (QED) is 0.376. The summed E-state index contributed by atoms with van der Waals surface area (Å²) in [5.74, 6) is -0.827. The molecular formula is C23H21F3N8O3. The molecule has 37 heavy (non-hydrogen) atoms. The minimum Gasteiger partial charge on any atom is -0.461 e. The standard InChI is InChI=1S/C23H21F3N8O3/c1-13-8-29-18(10-28-13)33-21(35)17(11-36-14-4-2-5-14)37-22-15-9-32-34(19(15)30-12-31-22)20-16(23(24,25)26)6-3-7-27-20/h3,6-10,12,14,17H,2,4-5,11H2,1H3,(H,29,33,35)/t17-/m0/s1. The summed E-state index contributed by atoms with van der Waals surface area (Å²) in [7, 11) is 0. The molecule has 1 aliphatic rings. The average Bonchev–Trinajstić information content (AvgIpc) is 3.28. The van der Waals surface area contributed by atoms with Gasteiger partial charge in [-0.05, 0) is 38.3 Å². The number of carbonyl (C=O) groups is 1. The number of alkyl halides is 3. The predicted octanol–water partition coefficient (Wildman–Crippen LogP) is 3.28. The highest BCUT2D eigenvalue weighted by Crippen LogP contribution is 2.34. The Hall–Kier alpha value is -4.20. The minimum atomic E-state index is -4.66. The van der Waals surface area contributed by atoms with Crippen LogP contribution in [-0.4, -0.2) is 59.4 Å². The molecule has 1 atom stereocenters. The van der Waals surface area contributed by atoms with Crippen LogP contribution in [0.2, 0.25) is 0 Å². The largest absolute Gasteiger partial charge is 0.461 e. The van der Waals surface area contributed by atoms with E-state index in [0.29, 0.717) is 5.69 Å². The molecule has 1 amide bonds. The zero-order valence-corrected chi connectivity index (χ0v) is 19.5. The van der Waals surface area contributed by atoms with Crippen molar-refractivity contribution in [3.8, 4) is 11.7 Å². The molecule has 0 radical (unpaired) electrons. The van der Waals surface area contributed by atoms with Gasteiger partial charge in [0.1, 0.15) is 17.3 Å². The summed E-state index contributed by atoms with van der Waals surface area (Å²) in [6, 6.07) is 2.09. The van der Waals surface area contributed by atoms with Crippen LogP contribution in [0.15, 0.2) is 43.2 Å². The van der Waals surface area contributed by atoms with Gasteiger partial charge in [-0.1, -0.05) is 0 Å². The van der Waals surface area contributed by atoms with Gasteiger partial charge < -0.3 is 14.8 Å². The second-order valence-electron chi connectivity index (χ2n) is 8.37. The number of halogens is 3. The number of rotatable bonds is 8. The third kappa shape index (κ3) is 5.33. The Kier molecular flexibility index (Phi) is 6.65. The van der Waals surface area contributed by atoms with Crippen molar-refractivity contribution in [1.29, 1.82) is 0 Å². The minimum absolute atomic E-state index is 0.0242. The van der Waals surface area contributed by atoms with Crippen molar-refractivity contribution in [1.82, 2.24) is 34.7 Å². The Morgan fingerprint density at radius 3 is 2.70 bits per heavy atom. The summed E-state index contributed by atoms with van der Waals surface area (Å²) in [4.78, 5) is 33.3. The topological polar surface area (TPSA) is 130 Å². The molecule has 0 aromatic carbocycles. The van der Waals surface area contributed by atoms with Crippen LogP contribution in [0.3, 0.4) is 0 Å². The fourth-order valence-corrected chi connectivity index (χ4v) is 3.58. The highest BCUT2D eigenvalue weighted by atomic mass is 19.4. The van der Waals surface area contributed by atoms with Crippen molar-refractivity contribution in [2.24, 2.45) is 0 Å². The van der Waals surface area contributed by atoms with E-state index in [1.54, 1.807) is 6.92 Å². The van der Waals surface area contributed by atoms with Crippen LogP contribution in [0.4, 0.5) is 19.0 Å². The predicted molar refractivity (Wildman–Crippen MR) is 123 cm³/mol. The van der Waals surface area contributed by atoms with Crippen molar-refractivity contribution in [2.75, 3.05) is 11.9 Å². The number of ether oxygens (including phenoxy) is 2. The fraction of sp³-hybridized carbons (Fsp3) is 0.348. The van der Waals surface area contributed by atoms with Crippen LogP contribution in [0.1, 0.15) is 30.5 Å². The molecule has 0 bridgehead atoms. The number of hydrogen-bond acceptors (Lipinski definition) is 9. The molecule has 1 saturated carbocycles. The van der Waals surface area contributed by atoms with Crippen molar-refractivity contribution in [3.05, 3.63) is 54.5 Å². The molecule has 11 nitrogen and oxygen atoms in total. The summed E-state index contributed by atoms with van der Waals surface area (Å²) in [5.41, 5.74) is -0.273. The molecule has 14 heteroatoms. The summed E-state index contributed by atoms with van der Waals surface area (Å²) in [6.45, 7) is 1.69. The fourth-order valence-electron chi connectivity index (χ4n) is 3.58. The first-order valence-electron chi connectivity index (χ1n) is 11.4. The Morgan fingerprint density at radius 1 is 1.16 bits per heavy atom. The number of pyridine rings is 1. The third-order valence-electron chi connectivity index (χ3n) is 5.74. The molecular weight excluding hydrogens is 493 g/mol. The molecule has 0 saturated heterocycles. The zero-order chi connectivity index (χ0) is 26.0. The van der Waals surface area contributed by atoms with E-state index in [2.05, 4.69) is 35.3 Å². The third-order valence-corrected chi connectivity index (χ3v) is 5.74. The number of carbonyl (C=O) groups excluding carboxylic acids is 1. The van der Waals surface area contributed by atoms with Crippen LogP contribution in [0.5, 0.6) is 5.88 Å². The lowest BCUT2D eigenvalue weighted by Gasteiger charge is -2.27. The van der Waals surface area contributed by atoms with Gasteiger partial charge >= 0.3 is 6.18 Å². The van der Waals surface area contributed by atoms with Gasteiger partial charge in [0.25, 0.3) is 5.91 Å². The van der Waals surface area contributed by atoms with Gasteiger partial charge in [-0.15, -0.1) is 0 Å². The zero-order valence-electron chi connectivity index (χ0n) is 19.5. The maximum absolute atomic E-state index is 13.6. The summed E-state index contributed by atoms with van der Waals surface area (Å²) < 4.78 is 53.4. The van der Waals surface area contributed by atoms with Crippen molar-refractivity contribution in [2.45, 2.75) is 44.6 Å². The number of aryl methyl sites for hydroxylation is 1. The molecule has 1 fully saturated rings. The normalized spacial score (nSPS) is 14.8. The first kappa shape index (κ1) is 24.5. The molecule has 1 aliphatic carbocycles. The van der Waals surface area contributed by atoms with Gasteiger partial charge in [-0.25, -0.2) is 19.9 Å². The first-order valence-corrected chi connectivity index (χ1v) is 11.4. The second-order valence-corrected chi connectivity index (χ2v) is 8.37. The molecule has 4 aromatic heterocycles. The Morgan fingerprint density at radius 2 is 2.00 bits per heavy atom. The molecule has 0 unspecified atom stereocenters. The van der Waals surface area contributed by atoms with E-state index in [4.69, 9.17) is 9.47 Å². The number of fused-ring (bicyclic) bond motifs is 1. The first-order chi connectivity index (χ1) is 17.8. The number of anilines is 1. The van der Waals surface area contributed by atoms with Crippen molar-refractivity contribution in [3.63, 3.8) is 0 Å². The average molecular weight is 514 g/mol. The number of nitrogens with zero attached hydrogens (tertiary/aromatic N) is 7. The van der Waals surface area contributed by atoms with Crippen LogP contribution < -0.4 is 10.1 Å². The van der Waals surface area contributed by atoms with Crippen LogP contribution in [-0.2, 0) is 15.7 Å². The lowest BCUT2D eigenvalue weighted by molar-refractivity contribution is -0.137. The summed E-state index contributed by atoms with van der Waals surface area (Å²) in [6.07, 6.45) is 3.54. The second kappa shape index (κ2) is 10.0.